The van der Waals surface area contributed by atoms with E-state index in [9.17, 15) is 9.59 Å². The Morgan fingerprint density at radius 1 is 1.26 bits per heavy atom. The molecular formula is C17H25NO5. The fourth-order valence-corrected chi connectivity index (χ4v) is 2.04. The van der Waals surface area contributed by atoms with Gasteiger partial charge in [-0.3, -0.25) is 4.79 Å². The first-order chi connectivity index (χ1) is 10.8. The van der Waals surface area contributed by atoms with Crippen molar-refractivity contribution in [3.63, 3.8) is 0 Å². The molecule has 1 unspecified atom stereocenters. The number of hydrogen-bond donors (Lipinski definition) is 2. The summed E-state index contributed by atoms with van der Waals surface area (Å²) in [6, 6.07) is 4.32. The molecule has 0 heterocycles. The molecule has 0 aromatic heterocycles. The standard InChI is InChI=1S/C17H25NO5/c1-11(2)7-8-23-15-6-5-13(10-16(15)22-4)9-14(17(20)21)18-12(3)19/h5-6,10-11,14H,7-9H2,1-4H3,(H,18,19)(H,20,21). The van der Waals surface area contributed by atoms with E-state index in [4.69, 9.17) is 14.6 Å². The van der Waals surface area contributed by atoms with E-state index in [1.807, 2.05) is 0 Å². The zero-order chi connectivity index (χ0) is 17.4. The summed E-state index contributed by atoms with van der Waals surface area (Å²) < 4.78 is 11.0. The van der Waals surface area contributed by atoms with Crippen LogP contribution in [0.25, 0.3) is 0 Å². The Kier molecular flexibility index (Phi) is 7.38. The Bertz CT molecular complexity index is 542. The van der Waals surface area contributed by atoms with Crippen LogP contribution in [0.2, 0.25) is 0 Å². The molecule has 0 aliphatic heterocycles. The Morgan fingerprint density at radius 3 is 2.48 bits per heavy atom. The van der Waals surface area contributed by atoms with E-state index in [0.717, 1.165) is 12.0 Å². The van der Waals surface area contributed by atoms with Crippen molar-refractivity contribution in [1.82, 2.24) is 5.32 Å². The van der Waals surface area contributed by atoms with Crippen molar-refractivity contribution in [3.8, 4) is 11.5 Å². The molecule has 0 fully saturated rings. The smallest absolute Gasteiger partial charge is 0.326 e. The summed E-state index contributed by atoms with van der Waals surface area (Å²) in [5.74, 6) is 0.283. The summed E-state index contributed by atoms with van der Waals surface area (Å²) in [6.07, 6.45) is 1.12. The number of benzene rings is 1. The maximum absolute atomic E-state index is 11.2. The van der Waals surface area contributed by atoms with Gasteiger partial charge in [0.05, 0.1) is 13.7 Å². The fraction of sp³-hybridized carbons (Fsp3) is 0.529. The van der Waals surface area contributed by atoms with E-state index in [1.165, 1.54) is 14.0 Å². The fourth-order valence-electron chi connectivity index (χ4n) is 2.04. The van der Waals surface area contributed by atoms with Gasteiger partial charge in [0.15, 0.2) is 11.5 Å². The lowest BCUT2D eigenvalue weighted by Crippen LogP contribution is -2.41. The van der Waals surface area contributed by atoms with E-state index >= 15 is 0 Å². The number of carbonyl (C=O) groups excluding carboxylic acids is 1. The summed E-state index contributed by atoms with van der Waals surface area (Å²) in [5.41, 5.74) is 0.749. The molecule has 0 bridgehead atoms. The molecule has 1 atom stereocenters. The highest BCUT2D eigenvalue weighted by Crippen LogP contribution is 2.29. The van der Waals surface area contributed by atoms with Gasteiger partial charge in [-0.15, -0.1) is 0 Å². The van der Waals surface area contributed by atoms with Crippen LogP contribution < -0.4 is 14.8 Å². The predicted molar refractivity (Wildman–Crippen MR) is 86.9 cm³/mol. The first kappa shape index (κ1) is 18.8. The molecule has 2 N–H and O–H groups in total. The van der Waals surface area contributed by atoms with Gasteiger partial charge in [0, 0.05) is 13.3 Å². The average molecular weight is 323 g/mol. The van der Waals surface area contributed by atoms with Crippen LogP contribution in [0.15, 0.2) is 18.2 Å². The Balaban J connectivity index is 2.81. The molecule has 0 aliphatic carbocycles. The van der Waals surface area contributed by atoms with E-state index in [1.54, 1.807) is 18.2 Å². The van der Waals surface area contributed by atoms with Gasteiger partial charge in [-0.1, -0.05) is 19.9 Å². The number of methoxy groups -OCH3 is 1. The molecule has 0 saturated heterocycles. The normalized spacial score (nSPS) is 11.9. The van der Waals surface area contributed by atoms with Crippen LogP contribution in [0.5, 0.6) is 11.5 Å². The molecule has 1 amide bonds. The topological polar surface area (TPSA) is 84.9 Å². The van der Waals surface area contributed by atoms with Crippen LogP contribution in [0.1, 0.15) is 32.8 Å². The second-order valence-electron chi connectivity index (χ2n) is 5.81. The first-order valence-electron chi connectivity index (χ1n) is 7.63. The minimum atomic E-state index is -1.07. The zero-order valence-electron chi connectivity index (χ0n) is 14.1. The summed E-state index contributed by atoms with van der Waals surface area (Å²) >= 11 is 0. The lowest BCUT2D eigenvalue weighted by atomic mass is 10.1. The van der Waals surface area contributed by atoms with Gasteiger partial charge >= 0.3 is 5.97 Å². The minimum Gasteiger partial charge on any atom is -0.493 e. The summed E-state index contributed by atoms with van der Waals surface area (Å²) in [4.78, 5) is 22.3. The summed E-state index contributed by atoms with van der Waals surface area (Å²) in [7, 11) is 1.54. The number of hydrogen-bond acceptors (Lipinski definition) is 4. The number of nitrogens with one attached hydrogen (secondary N) is 1. The van der Waals surface area contributed by atoms with Crippen molar-refractivity contribution in [3.05, 3.63) is 23.8 Å². The monoisotopic (exact) mass is 323 g/mol. The average Bonchev–Trinajstić information content (AvgIpc) is 2.46. The lowest BCUT2D eigenvalue weighted by Gasteiger charge is -2.16. The molecule has 0 radical (unpaired) electrons. The van der Waals surface area contributed by atoms with Gasteiger partial charge in [-0.25, -0.2) is 4.79 Å². The van der Waals surface area contributed by atoms with Crippen LogP contribution >= 0.6 is 0 Å². The van der Waals surface area contributed by atoms with Crippen LogP contribution in [0, 0.1) is 5.92 Å². The number of carboxylic acids is 1. The van der Waals surface area contributed by atoms with Gasteiger partial charge in [0.25, 0.3) is 0 Å². The second kappa shape index (κ2) is 9.02. The zero-order valence-corrected chi connectivity index (χ0v) is 14.1. The third-order valence-corrected chi connectivity index (χ3v) is 3.30. The predicted octanol–water partition coefficient (Wildman–Crippen LogP) is 2.25. The Morgan fingerprint density at radius 2 is 1.96 bits per heavy atom. The maximum atomic E-state index is 11.2. The number of aliphatic carboxylic acids is 1. The van der Waals surface area contributed by atoms with Gasteiger partial charge in [-0.05, 0) is 30.0 Å². The van der Waals surface area contributed by atoms with Crippen molar-refractivity contribution in [2.75, 3.05) is 13.7 Å². The molecule has 1 rings (SSSR count). The molecule has 0 aliphatic rings. The maximum Gasteiger partial charge on any atom is 0.326 e. The van der Waals surface area contributed by atoms with Crippen LogP contribution in [0.4, 0.5) is 0 Å². The molecule has 6 nitrogen and oxygen atoms in total. The highest BCUT2D eigenvalue weighted by Gasteiger charge is 2.19. The van der Waals surface area contributed by atoms with Gasteiger partial charge in [0.2, 0.25) is 5.91 Å². The van der Waals surface area contributed by atoms with Gasteiger partial charge < -0.3 is 19.9 Å². The molecule has 1 aromatic rings. The highest BCUT2D eigenvalue weighted by molar-refractivity contribution is 5.82. The summed E-state index contributed by atoms with van der Waals surface area (Å²) in [5, 5.41) is 11.6. The third-order valence-electron chi connectivity index (χ3n) is 3.30. The number of ether oxygens (including phenoxy) is 2. The van der Waals surface area contributed by atoms with Crippen molar-refractivity contribution in [1.29, 1.82) is 0 Å². The number of rotatable bonds is 9. The van der Waals surface area contributed by atoms with Crippen LogP contribution in [-0.4, -0.2) is 36.7 Å². The molecule has 0 spiro atoms. The lowest BCUT2D eigenvalue weighted by molar-refractivity contribution is -0.141. The van der Waals surface area contributed by atoms with E-state index in [2.05, 4.69) is 19.2 Å². The van der Waals surface area contributed by atoms with E-state index < -0.39 is 12.0 Å². The van der Waals surface area contributed by atoms with E-state index in [0.29, 0.717) is 24.0 Å². The Hall–Kier alpha value is -2.24. The van der Waals surface area contributed by atoms with Crippen molar-refractivity contribution in [2.45, 2.75) is 39.7 Å². The summed E-state index contributed by atoms with van der Waals surface area (Å²) in [6.45, 7) is 6.13. The molecule has 128 valence electrons. The van der Waals surface area contributed by atoms with Crippen LogP contribution in [0.3, 0.4) is 0 Å². The quantitative estimate of drug-likeness (QED) is 0.728. The third kappa shape index (κ3) is 6.59. The minimum absolute atomic E-state index is 0.178. The second-order valence-corrected chi connectivity index (χ2v) is 5.81. The number of carboxylic acid groups (broad SMARTS) is 1. The van der Waals surface area contributed by atoms with E-state index in [-0.39, 0.29) is 12.3 Å². The molecule has 1 aromatic carbocycles. The van der Waals surface area contributed by atoms with Gasteiger partial charge in [-0.2, -0.15) is 0 Å². The largest absolute Gasteiger partial charge is 0.493 e. The molecule has 0 saturated carbocycles. The first-order valence-corrected chi connectivity index (χ1v) is 7.63. The number of amides is 1. The molecule has 6 heteroatoms. The molecular weight excluding hydrogens is 298 g/mol. The Labute approximate surface area is 136 Å². The highest BCUT2D eigenvalue weighted by atomic mass is 16.5. The van der Waals surface area contributed by atoms with Crippen LogP contribution in [-0.2, 0) is 16.0 Å². The van der Waals surface area contributed by atoms with Crippen molar-refractivity contribution in [2.24, 2.45) is 5.92 Å². The SMILES string of the molecule is COc1cc(CC(NC(C)=O)C(=O)O)ccc1OCCC(C)C. The van der Waals surface area contributed by atoms with Crippen molar-refractivity contribution < 1.29 is 24.2 Å². The number of carbonyl (C=O) groups is 2. The molecule has 23 heavy (non-hydrogen) atoms. The van der Waals surface area contributed by atoms with Gasteiger partial charge in [0.1, 0.15) is 6.04 Å². The van der Waals surface area contributed by atoms with Crippen molar-refractivity contribution >= 4 is 11.9 Å².